The van der Waals surface area contributed by atoms with Gasteiger partial charge in [-0.15, -0.1) is 5.11 Å². The number of nitrogens with two attached hydrogens (primary N) is 1. The molecule has 0 heterocycles. The maximum absolute atomic E-state index is 13.1. The van der Waals surface area contributed by atoms with Crippen LogP contribution in [0.4, 0.5) is 30.2 Å². The molecule has 0 aliphatic heterocycles. The van der Waals surface area contributed by atoms with Crippen LogP contribution in [0.2, 0.25) is 5.02 Å². The monoisotopic (exact) mass is 349 g/mol. The van der Waals surface area contributed by atoms with Gasteiger partial charge >= 0.3 is 6.18 Å². The molecular formula is C17H11ClF3N3. The number of hydrogen-bond donors (Lipinski definition) is 1. The number of hydrogen-bond acceptors (Lipinski definition) is 3. The van der Waals surface area contributed by atoms with Crippen LogP contribution in [0.1, 0.15) is 5.56 Å². The summed E-state index contributed by atoms with van der Waals surface area (Å²) < 4.78 is 39.2. The highest BCUT2D eigenvalue weighted by Crippen LogP contribution is 2.39. The van der Waals surface area contributed by atoms with Crippen molar-refractivity contribution in [1.29, 1.82) is 0 Å². The number of rotatable bonds is 2. The van der Waals surface area contributed by atoms with E-state index in [0.717, 1.165) is 6.07 Å². The Morgan fingerprint density at radius 2 is 1.54 bits per heavy atom. The summed E-state index contributed by atoms with van der Waals surface area (Å²) >= 11 is 5.79. The Morgan fingerprint density at radius 1 is 0.833 bits per heavy atom. The number of nitrogen functional groups attached to an aromatic ring is 1. The second-order valence-electron chi connectivity index (χ2n) is 5.07. The minimum absolute atomic E-state index is 0.0351. The molecule has 0 saturated heterocycles. The molecule has 0 radical (unpaired) electrons. The molecule has 0 spiro atoms. The van der Waals surface area contributed by atoms with Gasteiger partial charge in [-0.2, -0.15) is 18.3 Å². The number of benzene rings is 3. The lowest BCUT2D eigenvalue weighted by molar-refractivity contribution is -0.136. The first-order valence-corrected chi connectivity index (χ1v) is 7.30. The molecule has 3 nitrogen and oxygen atoms in total. The molecule has 0 amide bonds. The molecule has 7 heteroatoms. The Bertz CT molecular complexity index is 919. The molecule has 0 bridgehead atoms. The van der Waals surface area contributed by atoms with Crippen LogP contribution in [0.3, 0.4) is 0 Å². The van der Waals surface area contributed by atoms with E-state index in [1.807, 2.05) is 0 Å². The molecule has 0 aliphatic rings. The highest BCUT2D eigenvalue weighted by atomic mass is 35.5. The maximum atomic E-state index is 13.1. The standard InChI is InChI=1S/C17H11ClF3N3/c18-10-4-6-11(7-5-10)23-24-15-9-8-12-13(16(15)22)2-1-3-14(12)17(19,20)21/h1-9H,22H2. The Balaban J connectivity index is 2.05. The van der Waals surface area contributed by atoms with E-state index in [1.165, 1.54) is 24.3 Å². The molecular weight excluding hydrogens is 339 g/mol. The predicted octanol–water partition coefficient (Wildman–Crippen LogP) is 6.51. The van der Waals surface area contributed by atoms with Crippen molar-refractivity contribution in [3.8, 4) is 0 Å². The van der Waals surface area contributed by atoms with E-state index in [9.17, 15) is 13.2 Å². The first-order chi connectivity index (χ1) is 11.4. The summed E-state index contributed by atoms with van der Waals surface area (Å²) in [6, 6.07) is 13.3. The van der Waals surface area contributed by atoms with Gasteiger partial charge in [-0.05, 0) is 41.8 Å². The quantitative estimate of drug-likeness (QED) is 0.416. The molecule has 0 unspecified atom stereocenters. The summed E-state index contributed by atoms with van der Waals surface area (Å²) in [6.45, 7) is 0. The minimum atomic E-state index is -4.45. The van der Waals surface area contributed by atoms with Crippen molar-refractivity contribution in [3.63, 3.8) is 0 Å². The summed E-state index contributed by atoms with van der Waals surface area (Å²) in [7, 11) is 0. The van der Waals surface area contributed by atoms with E-state index in [1.54, 1.807) is 24.3 Å². The molecule has 3 rings (SSSR count). The van der Waals surface area contributed by atoms with Crippen LogP contribution in [0.5, 0.6) is 0 Å². The smallest absolute Gasteiger partial charge is 0.396 e. The second kappa shape index (κ2) is 6.13. The fourth-order valence-corrected chi connectivity index (χ4v) is 2.45. The van der Waals surface area contributed by atoms with Crippen LogP contribution in [0, 0.1) is 0 Å². The van der Waals surface area contributed by atoms with Crippen LogP contribution in [-0.4, -0.2) is 0 Å². The Kier molecular flexibility index (Phi) is 4.15. The van der Waals surface area contributed by atoms with Gasteiger partial charge in [0.05, 0.1) is 16.9 Å². The number of fused-ring (bicyclic) bond motifs is 1. The van der Waals surface area contributed by atoms with Crippen LogP contribution in [0.25, 0.3) is 10.8 Å². The van der Waals surface area contributed by atoms with Gasteiger partial charge in [-0.3, -0.25) is 0 Å². The van der Waals surface area contributed by atoms with Crippen molar-refractivity contribution in [2.24, 2.45) is 10.2 Å². The van der Waals surface area contributed by atoms with E-state index in [2.05, 4.69) is 10.2 Å². The molecule has 2 N–H and O–H groups in total. The van der Waals surface area contributed by atoms with Crippen molar-refractivity contribution < 1.29 is 13.2 Å². The van der Waals surface area contributed by atoms with E-state index >= 15 is 0 Å². The van der Waals surface area contributed by atoms with Crippen molar-refractivity contribution in [2.45, 2.75) is 6.18 Å². The molecule has 3 aromatic rings. The first kappa shape index (κ1) is 16.3. The SMILES string of the molecule is Nc1c(N=Nc2ccc(Cl)cc2)ccc2c(C(F)(F)F)cccc12. The third-order valence-electron chi connectivity index (χ3n) is 3.49. The van der Waals surface area contributed by atoms with E-state index in [-0.39, 0.29) is 16.5 Å². The van der Waals surface area contributed by atoms with E-state index < -0.39 is 11.7 Å². The third-order valence-corrected chi connectivity index (χ3v) is 3.74. The fourth-order valence-electron chi connectivity index (χ4n) is 2.32. The zero-order valence-electron chi connectivity index (χ0n) is 12.2. The Morgan fingerprint density at radius 3 is 2.21 bits per heavy atom. The van der Waals surface area contributed by atoms with Crippen LogP contribution in [-0.2, 0) is 6.18 Å². The summed E-state index contributed by atoms with van der Waals surface area (Å²) in [5, 5.41) is 8.94. The molecule has 122 valence electrons. The number of nitrogens with zero attached hydrogens (tertiary/aromatic N) is 2. The normalized spacial score (nSPS) is 12.2. The van der Waals surface area contributed by atoms with Crippen LogP contribution < -0.4 is 5.73 Å². The predicted molar refractivity (Wildman–Crippen MR) is 89.0 cm³/mol. The van der Waals surface area contributed by atoms with Crippen molar-refractivity contribution in [1.82, 2.24) is 0 Å². The number of azo groups is 1. The average molecular weight is 350 g/mol. The zero-order chi connectivity index (χ0) is 17.3. The summed E-state index contributed by atoms with van der Waals surface area (Å²) in [6.07, 6.45) is -4.45. The van der Waals surface area contributed by atoms with Gasteiger partial charge in [-0.1, -0.05) is 29.8 Å². The lowest BCUT2D eigenvalue weighted by atomic mass is 10.0. The minimum Gasteiger partial charge on any atom is -0.396 e. The number of halogens is 4. The van der Waals surface area contributed by atoms with Gasteiger partial charge in [0.2, 0.25) is 0 Å². The van der Waals surface area contributed by atoms with Crippen LogP contribution >= 0.6 is 11.6 Å². The fraction of sp³-hybridized carbons (Fsp3) is 0.0588. The molecule has 24 heavy (non-hydrogen) atoms. The highest BCUT2D eigenvalue weighted by Gasteiger charge is 2.32. The van der Waals surface area contributed by atoms with Crippen LogP contribution in [0.15, 0.2) is 64.8 Å². The summed E-state index contributed by atoms with van der Waals surface area (Å²) in [4.78, 5) is 0. The van der Waals surface area contributed by atoms with Crippen molar-refractivity contribution in [2.75, 3.05) is 5.73 Å². The molecule has 3 aromatic carbocycles. The summed E-state index contributed by atoms with van der Waals surface area (Å²) in [5.74, 6) is 0. The lowest BCUT2D eigenvalue weighted by Crippen LogP contribution is -2.05. The second-order valence-corrected chi connectivity index (χ2v) is 5.51. The topological polar surface area (TPSA) is 50.7 Å². The third kappa shape index (κ3) is 3.19. The summed E-state index contributed by atoms with van der Waals surface area (Å²) in [5.41, 5.74) is 6.26. The Hall–Kier alpha value is -2.60. The van der Waals surface area contributed by atoms with Gasteiger partial charge in [0.15, 0.2) is 0 Å². The highest BCUT2D eigenvalue weighted by molar-refractivity contribution is 6.30. The van der Waals surface area contributed by atoms with Gasteiger partial charge in [0.25, 0.3) is 0 Å². The maximum Gasteiger partial charge on any atom is 0.417 e. The van der Waals surface area contributed by atoms with Gasteiger partial charge in [0, 0.05) is 10.4 Å². The molecule has 0 atom stereocenters. The molecule has 0 aliphatic carbocycles. The number of alkyl halides is 3. The first-order valence-electron chi connectivity index (χ1n) is 6.92. The number of anilines is 1. The zero-order valence-corrected chi connectivity index (χ0v) is 12.9. The molecule has 0 fully saturated rings. The van der Waals surface area contributed by atoms with Crippen molar-refractivity contribution in [3.05, 3.63) is 65.2 Å². The average Bonchev–Trinajstić information content (AvgIpc) is 2.54. The van der Waals surface area contributed by atoms with Crippen molar-refractivity contribution >= 4 is 39.4 Å². The Labute approximate surface area is 140 Å². The lowest BCUT2D eigenvalue weighted by Gasteiger charge is -2.12. The van der Waals surface area contributed by atoms with Gasteiger partial charge in [-0.25, -0.2) is 0 Å². The van der Waals surface area contributed by atoms with E-state index in [0.29, 0.717) is 16.4 Å². The van der Waals surface area contributed by atoms with Gasteiger partial charge in [0.1, 0.15) is 5.69 Å². The van der Waals surface area contributed by atoms with Gasteiger partial charge < -0.3 is 5.73 Å². The van der Waals surface area contributed by atoms with E-state index in [4.69, 9.17) is 17.3 Å². The molecule has 0 saturated carbocycles. The molecule has 0 aromatic heterocycles. The largest absolute Gasteiger partial charge is 0.417 e.